The number of pyridine rings is 1. The lowest BCUT2D eigenvalue weighted by Crippen LogP contribution is -2.50. The molecule has 0 bridgehead atoms. The lowest BCUT2D eigenvalue weighted by molar-refractivity contribution is -0.142. The van der Waals surface area contributed by atoms with Gasteiger partial charge in [0.2, 0.25) is 0 Å². The van der Waals surface area contributed by atoms with Crippen molar-refractivity contribution in [1.82, 2.24) is 25.2 Å². The van der Waals surface area contributed by atoms with Gasteiger partial charge in [-0.3, -0.25) is 4.98 Å². The normalized spacial score (nSPS) is 17.8. The lowest BCUT2D eigenvalue weighted by atomic mass is 9.97. The van der Waals surface area contributed by atoms with Gasteiger partial charge in [-0.2, -0.15) is 0 Å². The maximum Gasteiger partial charge on any atom is 0.328 e. The summed E-state index contributed by atoms with van der Waals surface area (Å²) >= 11 is 0. The van der Waals surface area contributed by atoms with Crippen LogP contribution in [0.3, 0.4) is 0 Å². The van der Waals surface area contributed by atoms with Gasteiger partial charge >= 0.3 is 12.0 Å². The van der Waals surface area contributed by atoms with Gasteiger partial charge in [-0.25, -0.2) is 14.6 Å². The second-order valence-electron chi connectivity index (χ2n) is 5.59. The first-order valence-electron chi connectivity index (χ1n) is 7.69. The number of ether oxygens (including phenoxy) is 1. The summed E-state index contributed by atoms with van der Waals surface area (Å²) in [6.45, 7) is 2.10. The minimum absolute atomic E-state index is 0.338. The van der Waals surface area contributed by atoms with Gasteiger partial charge in [0.05, 0.1) is 19.1 Å². The van der Waals surface area contributed by atoms with Crippen molar-refractivity contribution in [3.63, 3.8) is 0 Å². The Balaban J connectivity index is 1.89. The quantitative estimate of drug-likeness (QED) is 0.819. The molecule has 8 heteroatoms. The summed E-state index contributed by atoms with van der Waals surface area (Å²) in [4.78, 5) is 37.6. The highest BCUT2D eigenvalue weighted by Crippen LogP contribution is 2.32. The van der Waals surface area contributed by atoms with Crippen molar-refractivity contribution >= 4 is 12.0 Å². The van der Waals surface area contributed by atoms with Crippen LogP contribution < -0.4 is 5.32 Å². The standard InChI is InChI=1S/C16H19N5O3/c1-10(15(22)24-2)20-16(23)21-7-5-12-13(19-9-18-12)14(21)11-4-3-6-17-8-11/h3-4,6,8-10,14H,5,7H2,1-2H3,(H,18,19)(H,20,23)/t10-,14+/m1/s1. The van der Waals surface area contributed by atoms with E-state index in [-0.39, 0.29) is 12.1 Å². The van der Waals surface area contributed by atoms with Gasteiger partial charge < -0.3 is 19.9 Å². The average molecular weight is 329 g/mol. The number of fused-ring (bicyclic) bond motifs is 1. The average Bonchev–Trinajstić information content (AvgIpc) is 3.09. The minimum atomic E-state index is -0.724. The van der Waals surface area contributed by atoms with Crippen molar-refractivity contribution in [2.75, 3.05) is 13.7 Å². The first-order chi connectivity index (χ1) is 11.6. The molecule has 126 valence electrons. The van der Waals surface area contributed by atoms with E-state index in [9.17, 15) is 9.59 Å². The minimum Gasteiger partial charge on any atom is -0.467 e. The fraction of sp³-hybridized carbons (Fsp3) is 0.375. The van der Waals surface area contributed by atoms with E-state index in [1.807, 2.05) is 12.1 Å². The Kier molecular flexibility index (Phi) is 4.45. The van der Waals surface area contributed by atoms with Crippen LogP contribution in [0.2, 0.25) is 0 Å². The fourth-order valence-corrected chi connectivity index (χ4v) is 2.87. The van der Waals surface area contributed by atoms with Crippen molar-refractivity contribution in [3.8, 4) is 0 Å². The molecule has 0 aliphatic carbocycles. The van der Waals surface area contributed by atoms with Gasteiger partial charge in [0.1, 0.15) is 12.1 Å². The summed E-state index contributed by atoms with van der Waals surface area (Å²) in [5.41, 5.74) is 2.68. The van der Waals surface area contributed by atoms with E-state index in [0.717, 1.165) is 17.0 Å². The number of H-pyrrole nitrogens is 1. The van der Waals surface area contributed by atoms with Crippen LogP contribution in [0.1, 0.15) is 29.9 Å². The van der Waals surface area contributed by atoms with E-state index in [1.165, 1.54) is 7.11 Å². The van der Waals surface area contributed by atoms with E-state index in [2.05, 4.69) is 25.0 Å². The fourth-order valence-electron chi connectivity index (χ4n) is 2.87. The first kappa shape index (κ1) is 16.0. The number of amides is 2. The SMILES string of the molecule is COC(=O)[C@@H](C)NC(=O)N1CCc2[nH]cnc2[C@@H]1c1cccnc1. The van der Waals surface area contributed by atoms with E-state index < -0.39 is 12.0 Å². The maximum atomic E-state index is 12.7. The third kappa shape index (κ3) is 2.94. The van der Waals surface area contributed by atoms with Crippen LogP contribution in [0.15, 0.2) is 30.9 Å². The number of carbonyl (C=O) groups excluding carboxylic acids is 2. The molecular formula is C16H19N5O3. The van der Waals surface area contributed by atoms with Crippen LogP contribution in [-0.2, 0) is 16.0 Å². The summed E-state index contributed by atoms with van der Waals surface area (Å²) in [7, 11) is 1.29. The predicted molar refractivity (Wildman–Crippen MR) is 85.1 cm³/mol. The van der Waals surface area contributed by atoms with Crippen molar-refractivity contribution < 1.29 is 14.3 Å². The molecule has 2 N–H and O–H groups in total. The number of methoxy groups -OCH3 is 1. The molecule has 0 fully saturated rings. The largest absolute Gasteiger partial charge is 0.467 e. The molecule has 1 aliphatic rings. The molecule has 0 spiro atoms. The number of rotatable bonds is 3. The van der Waals surface area contributed by atoms with Crippen LogP contribution in [0.5, 0.6) is 0 Å². The maximum absolute atomic E-state index is 12.7. The number of imidazole rings is 1. The van der Waals surface area contributed by atoms with Crippen LogP contribution in [0, 0.1) is 0 Å². The Hall–Kier alpha value is -2.90. The van der Waals surface area contributed by atoms with Gasteiger partial charge in [-0.1, -0.05) is 6.07 Å². The van der Waals surface area contributed by atoms with Crippen molar-refractivity contribution in [3.05, 3.63) is 47.8 Å². The van der Waals surface area contributed by atoms with E-state index >= 15 is 0 Å². The van der Waals surface area contributed by atoms with Gasteiger partial charge in [0.25, 0.3) is 0 Å². The van der Waals surface area contributed by atoms with Gasteiger partial charge in [-0.15, -0.1) is 0 Å². The third-order valence-electron chi connectivity index (χ3n) is 4.08. The number of aromatic amines is 1. The van der Waals surface area contributed by atoms with E-state index in [0.29, 0.717) is 13.0 Å². The zero-order valence-corrected chi connectivity index (χ0v) is 13.5. The highest BCUT2D eigenvalue weighted by molar-refractivity contribution is 5.83. The second-order valence-corrected chi connectivity index (χ2v) is 5.59. The number of carbonyl (C=O) groups is 2. The third-order valence-corrected chi connectivity index (χ3v) is 4.08. The molecule has 2 atom stereocenters. The summed E-state index contributed by atoms with van der Waals surface area (Å²) in [6, 6.07) is 2.32. The molecule has 0 radical (unpaired) electrons. The number of esters is 1. The second kappa shape index (κ2) is 6.69. The highest BCUT2D eigenvalue weighted by atomic mass is 16.5. The Morgan fingerprint density at radius 3 is 3.04 bits per heavy atom. The number of nitrogens with zero attached hydrogens (tertiary/aromatic N) is 3. The van der Waals surface area contributed by atoms with Gasteiger partial charge in [0.15, 0.2) is 0 Å². The molecule has 0 unspecified atom stereocenters. The van der Waals surface area contributed by atoms with E-state index in [4.69, 9.17) is 0 Å². The summed E-state index contributed by atoms with van der Waals surface area (Å²) in [6.07, 6.45) is 5.71. The molecule has 1 aliphatic heterocycles. The lowest BCUT2D eigenvalue weighted by Gasteiger charge is -2.35. The van der Waals surface area contributed by atoms with Crippen LogP contribution in [-0.4, -0.2) is 51.5 Å². The van der Waals surface area contributed by atoms with E-state index in [1.54, 1.807) is 30.5 Å². The Morgan fingerprint density at radius 1 is 1.50 bits per heavy atom. The Bertz CT molecular complexity index is 730. The summed E-state index contributed by atoms with van der Waals surface area (Å²) < 4.78 is 4.66. The molecule has 0 saturated heterocycles. The highest BCUT2D eigenvalue weighted by Gasteiger charge is 2.35. The zero-order chi connectivity index (χ0) is 17.1. The molecule has 0 saturated carbocycles. The summed E-state index contributed by atoms with van der Waals surface area (Å²) in [5.74, 6) is -0.487. The Labute approximate surface area is 139 Å². The molecular weight excluding hydrogens is 310 g/mol. The molecule has 2 aromatic rings. The smallest absolute Gasteiger partial charge is 0.328 e. The number of nitrogens with one attached hydrogen (secondary N) is 2. The van der Waals surface area contributed by atoms with Crippen molar-refractivity contribution in [2.24, 2.45) is 0 Å². The molecule has 2 amide bonds. The number of aromatic nitrogens is 3. The molecule has 3 rings (SSSR count). The van der Waals surface area contributed by atoms with Crippen molar-refractivity contribution in [2.45, 2.75) is 25.4 Å². The monoisotopic (exact) mass is 329 g/mol. The topological polar surface area (TPSA) is 100 Å². The number of hydrogen-bond acceptors (Lipinski definition) is 5. The molecule has 3 heterocycles. The van der Waals surface area contributed by atoms with Gasteiger partial charge in [-0.05, 0) is 18.6 Å². The van der Waals surface area contributed by atoms with Crippen molar-refractivity contribution in [1.29, 1.82) is 0 Å². The van der Waals surface area contributed by atoms with Crippen LogP contribution >= 0.6 is 0 Å². The number of hydrogen-bond donors (Lipinski definition) is 2. The van der Waals surface area contributed by atoms with Crippen LogP contribution in [0.4, 0.5) is 4.79 Å². The molecule has 0 aromatic carbocycles. The number of urea groups is 1. The zero-order valence-electron chi connectivity index (χ0n) is 13.5. The Morgan fingerprint density at radius 2 is 2.33 bits per heavy atom. The summed E-state index contributed by atoms with van der Waals surface area (Å²) in [5, 5.41) is 2.68. The first-order valence-corrected chi connectivity index (χ1v) is 7.69. The molecule has 8 nitrogen and oxygen atoms in total. The molecule has 2 aromatic heterocycles. The van der Waals surface area contributed by atoms with Crippen LogP contribution in [0.25, 0.3) is 0 Å². The van der Waals surface area contributed by atoms with Gasteiger partial charge in [0, 0.05) is 31.1 Å². The predicted octanol–water partition coefficient (Wildman–Crippen LogP) is 1.02. The molecule has 24 heavy (non-hydrogen) atoms.